The molecule has 44 heavy (non-hydrogen) atoms. The summed E-state index contributed by atoms with van der Waals surface area (Å²) in [6.45, 7) is 7.30. The van der Waals surface area contributed by atoms with Gasteiger partial charge in [0.15, 0.2) is 5.79 Å². The predicted molar refractivity (Wildman–Crippen MR) is 195 cm³/mol. The Kier molecular flexibility index (Phi) is 29.5. The molecule has 0 atom stereocenters. The Morgan fingerprint density at radius 2 is 0.977 bits per heavy atom. The summed E-state index contributed by atoms with van der Waals surface area (Å²) in [5.74, 6) is 0.211. The van der Waals surface area contributed by atoms with Crippen LogP contribution < -0.4 is 5.32 Å². The lowest BCUT2D eigenvalue weighted by Gasteiger charge is -2.41. The maximum atomic E-state index is 6.54. The Balaban J connectivity index is 2.18. The van der Waals surface area contributed by atoms with Crippen molar-refractivity contribution >= 4 is 0 Å². The van der Waals surface area contributed by atoms with Crippen molar-refractivity contribution in [2.75, 3.05) is 26.8 Å². The summed E-state index contributed by atoms with van der Waals surface area (Å²) in [4.78, 5) is 0. The van der Waals surface area contributed by atoms with Gasteiger partial charge >= 0.3 is 0 Å². The lowest BCUT2D eigenvalue weighted by molar-refractivity contribution is -0.290. The van der Waals surface area contributed by atoms with Gasteiger partial charge in [-0.2, -0.15) is 0 Å². The summed E-state index contributed by atoms with van der Waals surface area (Å²) in [7, 11) is 2.03. The molecular formula is C41H75NO2. The average molecular weight is 614 g/mol. The Bertz CT molecular complexity index is 701. The minimum atomic E-state index is -0.322. The normalized spacial score (nSPS) is 19.5. The highest BCUT2D eigenvalue weighted by atomic mass is 16.7. The summed E-state index contributed by atoms with van der Waals surface area (Å²) in [5, 5.41) is 3.28. The quantitative estimate of drug-likeness (QED) is 0.0479. The SMILES string of the molecule is CCCCC/C=C\C/C=C\CCCCCCCCC1(CCCCCCC/C=C/C=C/CCCCC)OCC(CCNC)CO1. The third kappa shape index (κ3) is 25.1. The van der Waals surface area contributed by atoms with Crippen molar-refractivity contribution < 1.29 is 9.47 Å². The van der Waals surface area contributed by atoms with Gasteiger partial charge in [0, 0.05) is 18.8 Å². The maximum Gasteiger partial charge on any atom is 0.168 e. The molecule has 0 radical (unpaired) electrons. The van der Waals surface area contributed by atoms with Crippen LogP contribution in [-0.4, -0.2) is 32.6 Å². The van der Waals surface area contributed by atoms with E-state index >= 15 is 0 Å². The second-order valence-corrected chi connectivity index (χ2v) is 13.3. The number of hydrogen-bond acceptors (Lipinski definition) is 3. The minimum absolute atomic E-state index is 0.322. The van der Waals surface area contributed by atoms with E-state index in [1.807, 2.05) is 7.05 Å². The van der Waals surface area contributed by atoms with E-state index in [9.17, 15) is 0 Å². The van der Waals surface area contributed by atoms with Gasteiger partial charge < -0.3 is 14.8 Å². The fraction of sp³-hybridized carbons (Fsp3) is 0.805. The Morgan fingerprint density at radius 3 is 1.45 bits per heavy atom. The molecule has 1 rings (SSSR count). The van der Waals surface area contributed by atoms with Crippen molar-refractivity contribution in [3.8, 4) is 0 Å². The van der Waals surface area contributed by atoms with Crippen molar-refractivity contribution in [3.63, 3.8) is 0 Å². The van der Waals surface area contributed by atoms with Crippen molar-refractivity contribution in [1.29, 1.82) is 0 Å². The van der Waals surface area contributed by atoms with Crippen LogP contribution in [0.4, 0.5) is 0 Å². The average Bonchev–Trinajstić information content (AvgIpc) is 3.04. The van der Waals surface area contributed by atoms with Gasteiger partial charge in [-0.1, -0.05) is 133 Å². The van der Waals surface area contributed by atoms with E-state index in [-0.39, 0.29) is 5.79 Å². The molecule has 0 aliphatic carbocycles. The van der Waals surface area contributed by atoms with Crippen LogP contribution in [0.25, 0.3) is 0 Å². The maximum absolute atomic E-state index is 6.54. The lowest BCUT2D eigenvalue weighted by atomic mass is 9.96. The largest absolute Gasteiger partial charge is 0.350 e. The topological polar surface area (TPSA) is 30.5 Å². The number of unbranched alkanes of at least 4 members (excludes halogenated alkanes) is 17. The first-order valence-corrected chi connectivity index (χ1v) is 19.3. The van der Waals surface area contributed by atoms with Gasteiger partial charge in [-0.05, 0) is 90.6 Å². The molecule has 1 aliphatic heterocycles. The number of ether oxygens (including phenoxy) is 2. The molecule has 3 nitrogen and oxygen atoms in total. The molecule has 1 fully saturated rings. The van der Waals surface area contributed by atoms with E-state index in [1.54, 1.807) is 0 Å². The molecule has 0 amide bonds. The molecule has 1 aliphatic rings. The molecule has 0 bridgehead atoms. The van der Waals surface area contributed by atoms with E-state index in [0.717, 1.165) is 45.4 Å². The molecule has 1 saturated heterocycles. The highest BCUT2D eigenvalue weighted by molar-refractivity contribution is 5.02. The molecule has 1 N–H and O–H groups in total. The van der Waals surface area contributed by atoms with Crippen LogP contribution in [0.3, 0.4) is 0 Å². The van der Waals surface area contributed by atoms with Crippen molar-refractivity contribution in [1.82, 2.24) is 5.32 Å². The van der Waals surface area contributed by atoms with Crippen LogP contribution in [0.15, 0.2) is 48.6 Å². The highest BCUT2D eigenvalue weighted by Crippen LogP contribution is 2.33. The fourth-order valence-corrected chi connectivity index (χ4v) is 5.99. The second kappa shape index (κ2) is 31.8. The summed E-state index contributed by atoms with van der Waals surface area (Å²) < 4.78 is 13.1. The molecule has 0 unspecified atom stereocenters. The first-order valence-electron chi connectivity index (χ1n) is 19.3. The van der Waals surface area contributed by atoms with Crippen LogP contribution in [0.5, 0.6) is 0 Å². The van der Waals surface area contributed by atoms with Crippen LogP contribution in [0.1, 0.15) is 174 Å². The number of rotatable bonds is 31. The second-order valence-electron chi connectivity index (χ2n) is 13.3. The minimum Gasteiger partial charge on any atom is -0.350 e. The smallest absolute Gasteiger partial charge is 0.168 e. The third-order valence-corrected chi connectivity index (χ3v) is 9.01. The van der Waals surface area contributed by atoms with Crippen LogP contribution in [0, 0.1) is 5.92 Å². The number of nitrogens with one attached hydrogen (secondary N) is 1. The van der Waals surface area contributed by atoms with Crippen LogP contribution in [-0.2, 0) is 9.47 Å². The van der Waals surface area contributed by atoms with Gasteiger partial charge in [0.25, 0.3) is 0 Å². The fourth-order valence-electron chi connectivity index (χ4n) is 5.99. The lowest BCUT2D eigenvalue weighted by Crippen LogP contribution is -2.44. The molecule has 0 aromatic carbocycles. The summed E-state index contributed by atoms with van der Waals surface area (Å²) >= 11 is 0. The van der Waals surface area contributed by atoms with E-state index in [2.05, 4.69) is 67.8 Å². The van der Waals surface area contributed by atoms with E-state index in [0.29, 0.717) is 5.92 Å². The van der Waals surface area contributed by atoms with Crippen molar-refractivity contribution in [3.05, 3.63) is 48.6 Å². The van der Waals surface area contributed by atoms with E-state index in [4.69, 9.17) is 9.47 Å². The molecule has 0 spiro atoms. The molecular weight excluding hydrogens is 538 g/mol. The van der Waals surface area contributed by atoms with Gasteiger partial charge in [0.2, 0.25) is 0 Å². The Labute approximate surface area is 275 Å². The molecule has 0 saturated carbocycles. The third-order valence-electron chi connectivity index (χ3n) is 9.01. The molecule has 0 aromatic rings. The zero-order valence-electron chi connectivity index (χ0n) is 29.8. The van der Waals surface area contributed by atoms with Crippen LogP contribution in [0.2, 0.25) is 0 Å². The van der Waals surface area contributed by atoms with Gasteiger partial charge in [-0.25, -0.2) is 0 Å². The van der Waals surface area contributed by atoms with Gasteiger partial charge in [-0.3, -0.25) is 0 Å². The number of hydrogen-bond donors (Lipinski definition) is 1. The highest BCUT2D eigenvalue weighted by Gasteiger charge is 2.36. The Morgan fingerprint density at radius 1 is 0.545 bits per heavy atom. The molecule has 256 valence electrons. The monoisotopic (exact) mass is 614 g/mol. The molecule has 3 heteroatoms. The zero-order valence-corrected chi connectivity index (χ0v) is 29.8. The number of allylic oxidation sites excluding steroid dienone is 8. The van der Waals surface area contributed by atoms with Gasteiger partial charge in [0.05, 0.1) is 13.2 Å². The molecule has 1 heterocycles. The summed E-state index contributed by atoms with van der Waals surface area (Å²) in [6.07, 6.45) is 50.2. The van der Waals surface area contributed by atoms with Crippen molar-refractivity contribution in [2.24, 2.45) is 5.92 Å². The summed E-state index contributed by atoms with van der Waals surface area (Å²) in [6, 6.07) is 0. The zero-order chi connectivity index (χ0) is 31.7. The summed E-state index contributed by atoms with van der Waals surface area (Å²) in [5.41, 5.74) is 0. The van der Waals surface area contributed by atoms with Crippen LogP contribution >= 0.6 is 0 Å². The van der Waals surface area contributed by atoms with E-state index in [1.165, 1.54) is 135 Å². The Hall–Kier alpha value is -1.16. The first-order chi connectivity index (χ1) is 21.8. The molecule has 0 aromatic heterocycles. The predicted octanol–water partition coefficient (Wildman–Crippen LogP) is 12.6. The van der Waals surface area contributed by atoms with Crippen molar-refractivity contribution in [2.45, 2.75) is 180 Å². The van der Waals surface area contributed by atoms with Gasteiger partial charge in [0.1, 0.15) is 0 Å². The first kappa shape index (κ1) is 40.9. The van der Waals surface area contributed by atoms with Gasteiger partial charge in [-0.15, -0.1) is 0 Å². The standard InChI is InChI=1S/C41H75NO2/c1-4-6-8-10-12-14-16-18-20-21-23-25-27-29-31-33-36-41(43-38-40(39-44-41)34-37-42-3)35-32-30-28-26-24-22-19-17-15-13-11-9-7-5-2/h12-15,17-20,40,42H,4-11,16,21-39H2,1-3H3/b14-12-,15-13+,19-17+,20-18-. The van der Waals surface area contributed by atoms with E-state index < -0.39 is 0 Å².